The lowest BCUT2D eigenvalue weighted by Crippen LogP contribution is -2.02. The van der Waals surface area contributed by atoms with Gasteiger partial charge in [0.05, 0.1) is 6.20 Å². The van der Waals surface area contributed by atoms with E-state index in [1.54, 1.807) is 24.7 Å². The van der Waals surface area contributed by atoms with Crippen molar-refractivity contribution in [2.45, 2.75) is 20.5 Å². The van der Waals surface area contributed by atoms with Crippen LogP contribution in [0.1, 0.15) is 17.1 Å². The number of aryl methyl sites for hydroxylation is 2. The maximum Gasteiger partial charge on any atom is 0.226 e. The first-order valence-electron chi connectivity index (χ1n) is 8.45. The molecule has 0 bridgehead atoms. The molecular weight excluding hydrogens is 342 g/mol. The van der Waals surface area contributed by atoms with Gasteiger partial charge >= 0.3 is 0 Å². The van der Waals surface area contributed by atoms with Gasteiger partial charge in [0.1, 0.15) is 23.8 Å². The summed E-state index contributed by atoms with van der Waals surface area (Å²) in [6.07, 6.45) is 4.83. The van der Waals surface area contributed by atoms with Crippen LogP contribution in [0.15, 0.2) is 59.4 Å². The zero-order chi connectivity index (χ0) is 18.6. The fraction of sp³-hybridized carbons (Fsp3) is 0.150. The van der Waals surface area contributed by atoms with E-state index in [9.17, 15) is 0 Å². The highest BCUT2D eigenvalue weighted by Crippen LogP contribution is 2.23. The molecule has 0 aliphatic rings. The molecular formula is C20H17N5O2. The molecule has 7 nitrogen and oxygen atoms in total. The summed E-state index contributed by atoms with van der Waals surface area (Å²) in [7, 11) is 0. The third-order valence-electron chi connectivity index (χ3n) is 3.89. The molecule has 3 heterocycles. The van der Waals surface area contributed by atoms with Gasteiger partial charge in [-0.3, -0.25) is 4.98 Å². The van der Waals surface area contributed by atoms with Gasteiger partial charge in [-0.05, 0) is 26.0 Å². The van der Waals surface area contributed by atoms with Crippen molar-refractivity contribution in [1.82, 2.24) is 24.9 Å². The van der Waals surface area contributed by atoms with Crippen LogP contribution < -0.4 is 4.74 Å². The Bertz CT molecular complexity index is 1050. The van der Waals surface area contributed by atoms with Gasteiger partial charge in [-0.2, -0.15) is 4.98 Å². The van der Waals surface area contributed by atoms with E-state index < -0.39 is 0 Å². The van der Waals surface area contributed by atoms with Gasteiger partial charge in [-0.1, -0.05) is 18.2 Å². The normalized spacial score (nSPS) is 10.7. The second-order valence-corrected chi connectivity index (χ2v) is 5.94. The van der Waals surface area contributed by atoms with E-state index in [4.69, 9.17) is 9.15 Å². The first kappa shape index (κ1) is 16.8. The zero-order valence-electron chi connectivity index (χ0n) is 15.0. The van der Waals surface area contributed by atoms with Crippen molar-refractivity contribution in [1.29, 1.82) is 0 Å². The summed E-state index contributed by atoms with van der Waals surface area (Å²) in [4.78, 5) is 21.6. The Morgan fingerprint density at radius 1 is 1.00 bits per heavy atom. The van der Waals surface area contributed by atoms with Crippen molar-refractivity contribution in [3.05, 3.63) is 72.1 Å². The van der Waals surface area contributed by atoms with Crippen molar-refractivity contribution in [2.75, 3.05) is 0 Å². The van der Waals surface area contributed by atoms with Crippen LogP contribution in [0.5, 0.6) is 5.88 Å². The van der Waals surface area contributed by atoms with Gasteiger partial charge in [-0.15, -0.1) is 0 Å². The summed E-state index contributed by atoms with van der Waals surface area (Å²) in [5.74, 6) is 2.21. The average Bonchev–Trinajstić information content (AvgIpc) is 3.08. The second kappa shape index (κ2) is 7.33. The molecule has 0 N–H and O–H groups in total. The fourth-order valence-electron chi connectivity index (χ4n) is 2.55. The van der Waals surface area contributed by atoms with Gasteiger partial charge in [0.15, 0.2) is 5.82 Å². The highest BCUT2D eigenvalue weighted by atomic mass is 16.5. The second-order valence-electron chi connectivity index (χ2n) is 5.94. The van der Waals surface area contributed by atoms with Gasteiger partial charge in [0.2, 0.25) is 11.8 Å². The molecule has 0 aliphatic carbocycles. The molecule has 0 spiro atoms. The summed E-state index contributed by atoms with van der Waals surface area (Å²) in [5, 5.41) is 0. The molecule has 0 amide bonds. The monoisotopic (exact) mass is 359 g/mol. The maximum atomic E-state index is 5.84. The number of nitrogens with zero attached hydrogens (tertiary/aromatic N) is 5. The lowest BCUT2D eigenvalue weighted by molar-refractivity contribution is 0.287. The fourth-order valence-corrected chi connectivity index (χ4v) is 2.55. The average molecular weight is 359 g/mol. The number of ether oxygens (including phenoxy) is 1. The van der Waals surface area contributed by atoms with Crippen LogP contribution in [-0.4, -0.2) is 24.9 Å². The van der Waals surface area contributed by atoms with Crippen LogP contribution in [0.25, 0.3) is 23.0 Å². The van der Waals surface area contributed by atoms with Crippen molar-refractivity contribution in [3.8, 4) is 28.9 Å². The van der Waals surface area contributed by atoms with E-state index in [0.717, 1.165) is 17.0 Å². The Hall–Kier alpha value is -3.61. The SMILES string of the molecule is Cc1cc(OCc2nc(-c3ccccc3)oc2C)nc(-c2cnccn2)n1. The Labute approximate surface area is 156 Å². The lowest BCUT2D eigenvalue weighted by Gasteiger charge is -2.06. The maximum absolute atomic E-state index is 5.84. The molecule has 134 valence electrons. The Balaban J connectivity index is 1.54. The lowest BCUT2D eigenvalue weighted by atomic mass is 10.2. The van der Waals surface area contributed by atoms with Crippen LogP contribution in [-0.2, 0) is 6.61 Å². The molecule has 0 unspecified atom stereocenters. The molecule has 27 heavy (non-hydrogen) atoms. The molecule has 1 aromatic carbocycles. The number of rotatable bonds is 5. The van der Waals surface area contributed by atoms with Crippen LogP contribution in [0.3, 0.4) is 0 Å². The van der Waals surface area contributed by atoms with Gasteiger partial charge in [0.25, 0.3) is 0 Å². The van der Waals surface area contributed by atoms with Crippen LogP contribution in [0, 0.1) is 13.8 Å². The van der Waals surface area contributed by atoms with Crippen LogP contribution >= 0.6 is 0 Å². The van der Waals surface area contributed by atoms with Gasteiger partial charge in [-0.25, -0.2) is 15.0 Å². The van der Waals surface area contributed by atoms with Gasteiger partial charge < -0.3 is 9.15 Å². The van der Waals surface area contributed by atoms with Crippen LogP contribution in [0.4, 0.5) is 0 Å². The quantitative estimate of drug-likeness (QED) is 0.536. The minimum atomic E-state index is 0.249. The topological polar surface area (TPSA) is 86.8 Å². The van der Waals surface area contributed by atoms with E-state index in [-0.39, 0.29) is 6.61 Å². The molecule has 0 atom stereocenters. The van der Waals surface area contributed by atoms with Crippen molar-refractivity contribution in [3.63, 3.8) is 0 Å². The molecule has 4 aromatic rings. The van der Waals surface area contributed by atoms with Crippen molar-refractivity contribution in [2.24, 2.45) is 0 Å². The molecule has 0 fully saturated rings. The minimum absolute atomic E-state index is 0.249. The smallest absolute Gasteiger partial charge is 0.226 e. The van der Waals surface area contributed by atoms with E-state index in [1.807, 2.05) is 44.2 Å². The first-order valence-corrected chi connectivity index (χ1v) is 8.45. The van der Waals surface area contributed by atoms with Crippen LogP contribution in [0.2, 0.25) is 0 Å². The highest BCUT2D eigenvalue weighted by Gasteiger charge is 2.13. The summed E-state index contributed by atoms with van der Waals surface area (Å²) < 4.78 is 11.6. The molecule has 4 rings (SSSR count). The summed E-state index contributed by atoms with van der Waals surface area (Å²) in [6.45, 7) is 4.00. The molecule has 0 radical (unpaired) electrons. The number of benzene rings is 1. The van der Waals surface area contributed by atoms with Crippen molar-refractivity contribution < 1.29 is 9.15 Å². The minimum Gasteiger partial charge on any atom is -0.471 e. The molecule has 7 heteroatoms. The van der Waals surface area contributed by atoms with E-state index >= 15 is 0 Å². The third-order valence-corrected chi connectivity index (χ3v) is 3.89. The van der Waals surface area contributed by atoms with E-state index in [1.165, 1.54) is 0 Å². The molecule has 0 aliphatic heterocycles. The molecule has 0 saturated heterocycles. The Morgan fingerprint density at radius 3 is 2.63 bits per heavy atom. The van der Waals surface area contributed by atoms with E-state index in [2.05, 4.69) is 24.9 Å². The summed E-state index contributed by atoms with van der Waals surface area (Å²) in [6, 6.07) is 11.5. The zero-order valence-corrected chi connectivity index (χ0v) is 15.0. The number of oxazole rings is 1. The molecule has 0 saturated carbocycles. The Morgan fingerprint density at radius 2 is 1.85 bits per heavy atom. The third kappa shape index (κ3) is 3.82. The number of hydrogen-bond acceptors (Lipinski definition) is 7. The van der Waals surface area contributed by atoms with E-state index in [0.29, 0.717) is 29.0 Å². The predicted molar refractivity (Wildman–Crippen MR) is 98.8 cm³/mol. The predicted octanol–water partition coefficient (Wildman–Crippen LogP) is 3.78. The number of hydrogen-bond donors (Lipinski definition) is 0. The molecule has 3 aromatic heterocycles. The summed E-state index contributed by atoms with van der Waals surface area (Å²) >= 11 is 0. The first-order chi connectivity index (χ1) is 13.2. The Kier molecular flexibility index (Phi) is 4.57. The standard InChI is InChI=1S/C20H17N5O2/c1-13-10-18(25-19(23-13)16-11-21-8-9-22-16)26-12-17-14(2)27-20(24-17)15-6-4-3-5-7-15/h3-11H,12H2,1-2H3. The van der Waals surface area contributed by atoms with Crippen molar-refractivity contribution >= 4 is 0 Å². The van der Waals surface area contributed by atoms with Gasteiger partial charge in [0, 0.05) is 29.7 Å². The number of aromatic nitrogens is 5. The summed E-state index contributed by atoms with van der Waals surface area (Å²) in [5.41, 5.74) is 3.03. The highest BCUT2D eigenvalue weighted by molar-refractivity contribution is 5.53. The largest absolute Gasteiger partial charge is 0.471 e.